The van der Waals surface area contributed by atoms with Crippen LogP contribution in [0.2, 0.25) is 5.02 Å². The maximum atomic E-state index is 6.17. The summed E-state index contributed by atoms with van der Waals surface area (Å²) in [6, 6.07) is 22.1. The summed E-state index contributed by atoms with van der Waals surface area (Å²) in [7, 11) is 0. The van der Waals surface area contributed by atoms with Gasteiger partial charge in [-0.25, -0.2) is 0 Å². The van der Waals surface area contributed by atoms with Crippen LogP contribution in [0.5, 0.6) is 0 Å². The Morgan fingerprint density at radius 2 is 1.77 bits per heavy atom. The Bertz CT molecular complexity index is 1070. The summed E-state index contributed by atoms with van der Waals surface area (Å²) < 4.78 is 1.79. The summed E-state index contributed by atoms with van der Waals surface area (Å²) >= 11 is 7.75. The topological polar surface area (TPSA) is 43.6 Å². The second-order valence-electron chi connectivity index (χ2n) is 5.61. The smallest absolute Gasteiger partial charge is 0.187 e. The molecule has 0 aliphatic heterocycles. The van der Waals surface area contributed by atoms with Crippen LogP contribution in [0.3, 0.4) is 0 Å². The standard InChI is InChI=1S/C20H15ClN4S/c21-18-12-4-2-8-16(18)10-6-14-26-20-22-23-24-25(20)19-13-5-9-15-7-1-3-11-17(15)19/h1-13H,14H2/b10-6+. The third kappa shape index (κ3) is 3.49. The Morgan fingerprint density at radius 1 is 0.962 bits per heavy atom. The van der Waals surface area contributed by atoms with Crippen LogP contribution >= 0.6 is 23.4 Å². The minimum atomic E-state index is 0.745. The van der Waals surface area contributed by atoms with Gasteiger partial charge in [-0.1, -0.05) is 90.1 Å². The quantitative estimate of drug-likeness (QED) is 0.443. The van der Waals surface area contributed by atoms with Crippen LogP contribution in [0.1, 0.15) is 5.56 Å². The van der Waals surface area contributed by atoms with E-state index in [2.05, 4.69) is 39.8 Å². The fourth-order valence-corrected chi connectivity index (χ4v) is 3.61. The van der Waals surface area contributed by atoms with Crippen molar-refractivity contribution in [3.8, 4) is 5.69 Å². The van der Waals surface area contributed by atoms with Crippen LogP contribution in [0.25, 0.3) is 22.5 Å². The number of benzene rings is 3. The molecule has 4 aromatic rings. The van der Waals surface area contributed by atoms with E-state index in [0.29, 0.717) is 0 Å². The van der Waals surface area contributed by atoms with Gasteiger partial charge in [-0.15, -0.1) is 5.10 Å². The lowest BCUT2D eigenvalue weighted by Crippen LogP contribution is -2.00. The predicted molar refractivity (Wildman–Crippen MR) is 108 cm³/mol. The van der Waals surface area contributed by atoms with E-state index < -0.39 is 0 Å². The zero-order valence-electron chi connectivity index (χ0n) is 13.8. The average molecular weight is 379 g/mol. The van der Waals surface area contributed by atoms with Crippen molar-refractivity contribution >= 4 is 40.2 Å². The first kappa shape index (κ1) is 16.8. The number of hydrogen-bond acceptors (Lipinski definition) is 4. The SMILES string of the molecule is Clc1ccccc1/C=C/CSc1nnnn1-c1cccc2ccccc12. The number of nitrogens with zero attached hydrogens (tertiary/aromatic N) is 4. The molecule has 0 saturated heterocycles. The number of thioether (sulfide) groups is 1. The first-order valence-electron chi connectivity index (χ1n) is 8.13. The zero-order valence-corrected chi connectivity index (χ0v) is 15.4. The van der Waals surface area contributed by atoms with Crippen molar-refractivity contribution in [2.24, 2.45) is 0 Å². The molecular weight excluding hydrogens is 364 g/mol. The molecule has 0 N–H and O–H groups in total. The maximum absolute atomic E-state index is 6.17. The molecule has 0 aliphatic carbocycles. The van der Waals surface area contributed by atoms with Gasteiger partial charge in [-0.2, -0.15) is 4.68 Å². The minimum Gasteiger partial charge on any atom is -0.187 e. The van der Waals surface area contributed by atoms with E-state index in [-0.39, 0.29) is 0 Å². The average Bonchev–Trinajstić information content (AvgIpc) is 3.14. The van der Waals surface area contributed by atoms with Crippen LogP contribution in [-0.2, 0) is 0 Å². The highest BCUT2D eigenvalue weighted by Crippen LogP contribution is 2.25. The van der Waals surface area contributed by atoms with Crippen molar-refractivity contribution in [2.75, 3.05) is 5.75 Å². The van der Waals surface area contributed by atoms with Crippen molar-refractivity contribution in [1.82, 2.24) is 20.2 Å². The van der Waals surface area contributed by atoms with Crippen molar-refractivity contribution < 1.29 is 0 Å². The number of rotatable bonds is 5. The van der Waals surface area contributed by atoms with Gasteiger partial charge in [-0.3, -0.25) is 0 Å². The fourth-order valence-electron chi connectivity index (χ4n) is 2.72. The second-order valence-corrected chi connectivity index (χ2v) is 7.00. The molecule has 4 rings (SSSR count). The third-order valence-corrected chi connectivity index (χ3v) is 5.16. The molecule has 0 saturated carbocycles. The van der Waals surface area contributed by atoms with Gasteiger partial charge >= 0.3 is 0 Å². The zero-order chi connectivity index (χ0) is 17.8. The highest BCUT2D eigenvalue weighted by Gasteiger charge is 2.10. The van der Waals surface area contributed by atoms with Crippen LogP contribution in [0.15, 0.2) is 78.0 Å². The molecule has 26 heavy (non-hydrogen) atoms. The Hall–Kier alpha value is -2.63. The number of tetrazole rings is 1. The monoisotopic (exact) mass is 378 g/mol. The van der Waals surface area contributed by atoms with Crippen LogP contribution < -0.4 is 0 Å². The fraction of sp³-hybridized carbons (Fsp3) is 0.0500. The number of hydrogen-bond donors (Lipinski definition) is 0. The Morgan fingerprint density at radius 3 is 2.69 bits per heavy atom. The van der Waals surface area contributed by atoms with E-state index in [9.17, 15) is 0 Å². The molecule has 4 nitrogen and oxygen atoms in total. The first-order valence-corrected chi connectivity index (χ1v) is 9.50. The molecule has 0 unspecified atom stereocenters. The van der Waals surface area contributed by atoms with E-state index in [1.54, 1.807) is 16.4 Å². The second kappa shape index (κ2) is 7.72. The van der Waals surface area contributed by atoms with Crippen LogP contribution in [0.4, 0.5) is 0 Å². The van der Waals surface area contributed by atoms with Crippen molar-refractivity contribution in [3.63, 3.8) is 0 Å². The molecule has 0 bridgehead atoms. The lowest BCUT2D eigenvalue weighted by molar-refractivity contribution is 0.761. The number of fused-ring (bicyclic) bond motifs is 1. The summed E-state index contributed by atoms with van der Waals surface area (Å²) in [6.45, 7) is 0. The lowest BCUT2D eigenvalue weighted by Gasteiger charge is -2.07. The summed E-state index contributed by atoms with van der Waals surface area (Å²) in [5.41, 5.74) is 1.98. The number of halogens is 1. The van der Waals surface area contributed by atoms with Gasteiger partial charge in [0.05, 0.1) is 5.69 Å². The molecule has 0 radical (unpaired) electrons. The van der Waals surface area contributed by atoms with E-state index in [4.69, 9.17) is 11.6 Å². The van der Waals surface area contributed by atoms with E-state index >= 15 is 0 Å². The summed E-state index contributed by atoms with van der Waals surface area (Å²) in [5.74, 6) is 0.746. The van der Waals surface area contributed by atoms with Gasteiger partial charge in [0.1, 0.15) is 0 Å². The Balaban J connectivity index is 1.55. The van der Waals surface area contributed by atoms with E-state index in [1.807, 2.05) is 54.6 Å². The van der Waals surface area contributed by atoms with Gasteiger partial charge < -0.3 is 0 Å². The molecular formula is C20H15ClN4S. The normalized spacial score (nSPS) is 11.4. The molecule has 0 atom stereocenters. The molecule has 0 aliphatic rings. The summed E-state index contributed by atoms with van der Waals surface area (Å²) in [4.78, 5) is 0. The highest BCUT2D eigenvalue weighted by atomic mass is 35.5. The molecule has 1 aromatic heterocycles. The Labute approximate surface area is 160 Å². The third-order valence-electron chi connectivity index (χ3n) is 3.95. The van der Waals surface area contributed by atoms with Crippen LogP contribution in [-0.4, -0.2) is 26.0 Å². The summed E-state index contributed by atoms with van der Waals surface area (Å²) in [5, 5.41) is 16.0. The van der Waals surface area contributed by atoms with Crippen LogP contribution in [0, 0.1) is 0 Å². The van der Waals surface area contributed by atoms with Crippen molar-refractivity contribution in [2.45, 2.75) is 5.16 Å². The molecule has 0 fully saturated rings. The highest BCUT2D eigenvalue weighted by molar-refractivity contribution is 7.99. The minimum absolute atomic E-state index is 0.745. The maximum Gasteiger partial charge on any atom is 0.214 e. The largest absolute Gasteiger partial charge is 0.214 e. The molecule has 6 heteroatoms. The molecule has 3 aromatic carbocycles. The predicted octanol–water partition coefficient (Wildman–Crippen LogP) is 5.27. The summed E-state index contributed by atoms with van der Waals surface area (Å²) in [6.07, 6.45) is 4.08. The Kier molecular flexibility index (Phi) is 5.00. The van der Waals surface area contributed by atoms with E-state index in [0.717, 1.165) is 38.0 Å². The van der Waals surface area contributed by atoms with Gasteiger partial charge in [0.2, 0.25) is 5.16 Å². The van der Waals surface area contributed by atoms with E-state index in [1.165, 1.54) is 0 Å². The first-order chi connectivity index (χ1) is 12.8. The van der Waals surface area contributed by atoms with Gasteiger partial charge in [0.25, 0.3) is 0 Å². The van der Waals surface area contributed by atoms with Gasteiger partial charge in [0, 0.05) is 16.2 Å². The number of aromatic nitrogens is 4. The van der Waals surface area contributed by atoms with Gasteiger partial charge in [-0.05, 0) is 33.5 Å². The molecule has 0 amide bonds. The molecule has 128 valence electrons. The molecule has 0 spiro atoms. The lowest BCUT2D eigenvalue weighted by atomic mass is 10.1. The molecule has 1 heterocycles. The van der Waals surface area contributed by atoms with Gasteiger partial charge in [0.15, 0.2) is 0 Å². The van der Waals surface area contributed by atoms with Crippen molar-refractivity contribution in [3.05, 3.63) is 83.4 Å². The van der Waals surface area contributed by atoms with Crippen molar-refractivity contribution in [1.29, 1.82) is 0 Å².